The highest BCUT2D eigenvalue weighted by Crippen LogP contribution is 2.30. The third-order valence-corrected chi connectivity index (χ3v) is 3.71. The van der Waals surface area contributed by atoms with Gasteiger partial charge in [-0.15, -0.1) is 0 Å². The van der Waals surface area contributed by atoms with Crippen LogP contribution in [0.15, 0.2) is 0 Å². The zero-order valence-electron chi connectivity index (χ0n) is 9.66. The summed E-state index contributed by atoms with van der Waals surface area (Å²) in [5.41, 5.74) is 0.945. The van der Waals surface area contributed by atoms with Crippen molar-refractivity contribution in [3.05, 3.63) is 10.6 Å². The van der Waals surface area contributed by atoms with Crippen LogP contribution in [0.2, 0.25) is 0 Å². The molecule has 0 amide bonds. The molecule has 0 spiro atoms. The Bertz CT molecular complexity index is 399. The minimum absolute atomic E-state index is 0.322. The van der Waals surface area contributed by atoms with Crippen LogP contribution in [0.4, 0.5) is 5.13 Å². The molecule has 1 aromatic heterocycles. The SMILES string of the molecule is CC(C)c1nc(N2CCNCC2)sc1C#N. The van der Waals surface area contributed by atoms with Crippen molar-refractivity contribution in [1.82, 2.24) is 10.3 Å². The van der Waals surface area contributed by atoms with Crippen molar-refractivity contribution >= 4 is 16.5 Å². The van der Waals surface area contributed by atoms with Crippen LogP contribution >= 0.6 is 11.3 Å². The average molecular weight is 236 g/mol. The first-order valence-corrected chi connectivity index (χ1v) is 6.40. The van der Waals surface area contributed by atoms with Gasteiger partial charge in [-0.1, -0.05) is 25.2 Å². The first-order valence-electron chi connectivity index (χ1n) is 5.59. The first kappa shape index (κ1) is 11.4. The lowest BCUT2D eigenvalue weighted by Gasteiger charge is -2.26. The molecule has 1 saturated heterocycles. The van der Waals surface area contributed by atoms with Gasteiger partial charge in [0.1, 0.15) is 10.9 Å². The molecule has 0 radical (unpaired) electrons. The number of anilines is 1. The lowest BCUT2D eigenvalue weighted by molar-refractivity contribution is 0.587. The van der Waals surface area contributed by atoms with Gasteiger partial charge in [0.15, 0.2) is 5.13 Å². The summed E-state index contributed by atoms with van der Waals surface area (Å²) in [6.45, 7) is 8.12. The molecule has 4 nitrogen and oxygen atoms in total. The Hall–Kier alpha value is -1.12. The minimum atomic E-state index is 0.322. The van der Waals surface area contributed by atoms with Crippen LogP contribution in [0.5, 0.6) is 0 Å². The molecule has 0 atom stereocenters. The van der Waals surface area contributed by atoms with Crippen molar-refractivity contribution in [1.29, 1.82) is 5.26 Å². The maximum atomic E-state index is 9.07. The Morgan fingerprint density at radius 3 is 2.62 bits per heavy atom. The summed E-state index contributed by atoms with van der Waals surface area (Å²) in [5.74, 6) is 0.322. The number of nitrogens with one attached hydrogen (secondary N) is 1. The molecule has 1 fully saturated rings. The number of hydrogen-bond donors (Lipinski definition) is 1. The Morgan fingerprint density at radius 1 is 1.44 bits per heavy atom. The number of nitriles is 1. The topological polar surface area (TPSA) is 52.0 Å². The number of hydrogen-bond acceptors (Lipinski definition) is 5. The zero-order chi connectivity index (χ0) is 11.5. The third-order valence-electron chi connectivity index (χ3n) is 2.68. The molecule has 1 aliphatic rings. The normalized spacial score (nSPS) is 16.5. The van der Waals surface area contributed by atoms with Gasteiger partial charge in [-0.2, -0.15) is 5.26 Å². The highest BCUT2D eigenvalue weighted by Gasteiger charge is 2.19. The number of piperazine rings is 1. The Labute approximate surface area is 99.9 Å². The largest absolute Gasteiger partial charge is 0.346 e. The molecule has 2 rings (SSSR count). The molecule has 0 unspecified atom stereocenters. The van der Waals surface area contributed by atoms with E-state index < -0.39 is 0 Å². The quantitative estimate of drug-likeness (QED) is 0.846. The van der Waals surface area contributed by atoms with E-state index in [9.17, 15) is 0 Å². The van der Waals surface area contributed by atoms with E-state index in [0.717, 1.165) is 41.9 Å². The molecule has 1 aliphatic heterocycles. The summed E-state index contributed by atoms with van der Waals surface area (Å²) < 4.78 is 0. The first-order chi connectivity index (χ1) is 7.72. The van der Waals surface area contributed by atoms with Crippen LogP contribution in [0.1, 0.15) is 30.3 Å². The van der Waals surface area contributed by atoms with Gasteiger partial charge in [-0.25, -0.2) is 4.98 Å². The van der Waals surface area contributed by atoms with Crippen LogP contribution in [0.25, 0.3) is 0 Å². The lowest BCUT2D eigenvalue weighted by Crippen LogP contribution is -2.43. The molecular weight excluding hydrogens is 220 g/mol. The van der Waals surface area contributed by atoms with E-state index >= 15 is 0 Å². The molecule has 1 aromatic rings. The van der Waals surface area contributed by atoms with Gasteiger partial charge in [0.05, 0.1) is 5.69 Å². The fraction of sp³-hybridized carbons (Fsp3) is 0.636. The molecule has 0 bridgehead atoms. The summed E-state index contributed by atoms with van der Waals surface area (Å²) in [4.78, 5) is 7.62. The van der Waals surface area contributed by atoms with Gasteiger partial charge in [0, 0.05) is 26.2 Å². The Balaban J connectivity index is 2.25. The molecule has 1 N–H and O–H groups in total. The number of rotatable bonds is 2. The van der Waals surface area contributed by atoms with Crippen molar-refractivity contribution in [3.63, 3.8) is 0 Å². The smallest absolute Gasteiger partial charge is 0.186 e. The van der Waals surface area contributed by atoms with Gasteiger partial charge in [0.25, 0.3) is 0 Å². The highest BCUT2D eigenvalue weighted by molar-refractivity contribution is 7.16. The number of aromatic nitrogens is 1. The Morgan fingerprint density at radius 2 is 2.12 bits per heavy atom. The Kier molecular flexibility index (Phi) is 3.42. The maximum Gasteiger partial charge on any atom is 0.186 e. The van der Waals surface area contributed by atoms with Crippen LogP contribution in [0.3, 0.4) is 0 Å². The predicted octanol–water partition coefficient (Wildman–Crippen LogP) is 1.55. The van der Waals surface area contributed by atoms with Crippen LogP contribution in [0, 0.1) is 11.3 Å². The number of nitrogens with zero attached hydrogens (tertiary/aromatic N) is 3. The predicted molar refractivity (Wildman–Crippen MR) is 66.0 cm³/mol. The molecule has 0 saturated carbocycles. The van der Waals surface area contributed by atoms with Gasteiger partial charge < -0.3 is 10.2 Å². The standard InChI is InChI=1S/C11H16N4S/c1-8(2)10-9(7-12)16-11(14-10)15-5-3-13-4-6-15/h8,13H,3-6H2,1-2H3. The summed E-state index contributed by atoms with van der Waals surface area (Å²) >= 11 is 1.52. The fourth-order valence-electron chi connectivity index (χ4n) is 1.78. The monoisotopic (exact) mass is 236 g/mol. The van der Waals surface area contributed by atoms with Gasteiger partial charge in [0.2, 0.25) is 0 Å². The van der Waals surface area contributed by atoms with Crippen molar-refractivity contribution in [2.45, 2.75) is 19.8 Å². The molecule has 16 heavy (non-hydrogen) atoms. The second-order valence-electron chi connectivity index (χ2n) is 4.21. The second kappa shape index (κ2) is 4.81. The molecular formula is C11H16N4S. The average Bonchev–Trinajstić information content (AvgIpc) is 2.74. The lowest BCUT2D eigenvalue weighted by atomic mass is 10.1. The van der Waals surface area contributed by atoms with Gasteiger partial charge in [-0.05, 0) is 5.92 Å². The van der Waals surface area contributed by atoms with Crippen molar-refractivity contribution in [2.24, 2.45) is 0 Å². The number of thiazole rings is 1. The van der Waals surface area contributed by atoms with E-state index in [1.165, 1.54) is 11.3 Å². The molecule has 0 aromatic carbocycles. The van der Waals surface area contributed by atoms with Crippen LogP contribution in [-0.4, -0.2) is 31.2 Å². The summed E-state index contributed by atoms with van der Waals surface area (Å²) in [5, 5.41) is 13.4. The molecule has 2 heterocycles. The van der Waals surface area contributed by atoms with Crippen LogP contribution < -0.4 is 10.2 Å². The third kappa shape index (κ3) is 2.18. The van der Waals surface area contributed by atoms with Gasteiger partial charge in [-0.3, -0.25) is 0 Å². The maximum absolute atomic E-state index is 9.07. The van der Waals surface area contributed by atoms with E-state index in [1.54, 1.807) is 0 Å². The van der Waals surface area contributed by atoms with Crippen molar-refractivity contribution in [3.8, 4) is 6.07 Å². The zero-order valence-corrected chi connectivity index (χ0v) is 10.5. The molecule has 5 heteroatoms. The summed E-state index contributed by atoms with van der Waals surface area (Å²) in [7, 11) is 0. The fourth-order valence-corrected chi connectivity index (χ4v) is 2.85. The summed E-state index contributed by atoms with van der Waals surface area (Å²) in [6.07, 6.45) is 0. The van der Waals surface area contributed by atoms with Crippen molar-refractivity contribution < 1.29 is 0 Å². The van der Waals surface area contributed by atoms with Gasteiger partial charge >= 0.3 is 0 Å². The highest BCUT2D eigenvalue weighted by atomic mass is 32.1. The van der Waals surface area contributed by atoms with E-state index in [1.807, 2.05) is 0 Å². The van der Waals surface area contributed by atoms with E-state index in [-0.39, 0.29) is 0 Å². The van der Waals surface area contributed by atoms with E-state index in [0.29, 0.717) is 5.92 Å². The van der Waals surface area contributed by atoms with E-state index in [2.05, 4.69) is 35.1 Å². The summed E-state index contributed by atoms with van der Waals surface area (Å²) in [6, 6.07) is 2.25. The van der Waals surface area contributed by atoms with Crippen molar-refractivity contribution in [2.75, 3.05) is 31.1 Å². The molecule has 0 aliphatic carbocycles. The van der Waals surface area contributed by atoms with E-state index in [4.69, 9.17) is 5.26 Å². The molecule has 86 valence electrons. The minimum Gasteiger partial charge on any atom is -0.346 e. The second-order valence-corrected chi connectivity index (χ2v) is 5.19. The van der Waals surface area contributed by atoms with Crippen LogP contribution in [-0.2, 0) is 0 Å².